The molecule has 0 radical (unpaired) electrons. The van der Waals surface area contributed by atoms with Gasteiger partial charge in [0.15, 0.2) is 0 Å². The van der Waals surface area contributed by atoms with Crippen LogP contribution in [0.3, 0.4) is 0 Å². The molecule has 0 fully saturated rings. The maximum absolute atomic E-state index is 12.4. The van der Waals surface area contributed by atoms with Gasteiger partial charge in [0, 0.05) is 19.3 Å². The van der Waals surface area contributed by atoms with Crippen LogP contribution in [-0.4, -0.2) is 33.1 Å². The van der Waals surface area contributed by atoms with Gasteiger partial charge in [0.05, 0.1) is 16.1 Å². The van der Waals surface area contributed by atoms with Crippen molar-refractivity contribution in [2.45, 2.75) is 24.7 Å². The first-order chi connectivity index (χ1) is 11.8. The summed E-state index contributed by atoms with van der Waals surface area (Å²) in [5.41, 5.74) is 0.837. The molecule has 0 bridgehead atoms. The van der Waals surface area contributed by atoms with Crippen LogP contribution in [0.2, 0.25) is 0 Å². The predicted molar refractivity (Wildman–Crippen MR) is 98.8 cm³/mol. The zero-order valence-electron chi connectivity index (χ0n) is 14.3. The van der Waals surface area contributed by atoms with E-state index in [2.05, 4.69) is 11.6 Å². The highest BCUT2D eigenvalue weighted by molar-refractivity contribution is 7.92. The Morgan fingerprint density at radius 3 is 2.44 bits per heavy atom. The number of hydrogen-bond acceptors (Lipinski definition) is 4. The summed E-state index contributed by atoms with van der Waals surface area (Å²) in [7, 11) is -1.93. The molecule has 2 N–H and O–H groups in total. The number of unbranched alkanes of at least 4 members (excludes halogenated alkanes) is 1. The van der Waals surface area contributed by atoms with Crippen LogP contribution in [0.1, 0.15) is 30.1 Å². The molecule has 0 unspecified atom stereocenters. The highest BCUT2D eigenvalue weighted by atomic mass is 32.2. The van der Waals surface area contributed by atoms with Gasteiger partial charge >= 0.3 is 5.97 Å². The average molecular weight is 362 g/mol. The summed E-state index contributed by atoms with van der Waals surface area (Å²) < 4.78 is 27.2. The van der Waals surface area contributed by atoms with Crippen LogP contribution >= 0.6 is 0 Å². The smallest absolute Gasteiger partial charge is 0.337 e. The molecule has 2 aromatic carbocycles. The molecular weight excluding hydrogens is 340 g/mol. The van der Waals surface area contributed by atoms with E-state index in [-0.39, 0.29) is 16.1 Å². The monoisotopic (exact) mass is 362 g/mol. The van der Waals surface area contributed by atoms with Crippen molar-refractivity contribution in [3.05, 3.63) is 54.1 Å². The number of anilines is 2. The van der Waals surface area contributed by atoms with Crippen molar-refractivity contribution >= 4 is 27.4 Å². The summed E-state index contributed by atoms with van der Waals surface area (Å²) in [5, 5.41) is 9.48. The van der Waals surface area contributed by atoms with Gasteiger partial charge < -0.3 is 10.0 Å². The van der Waals surface area contributed by atoms with Gasteiger partial charge in [-0.1, -0.05) is 31.5 Å². The molecule has 0 saturated heterocycles. The van der Waals surface area contributed by atoms with Crippen LogP contribution in [0.25, 0.3) is 0 Å². The van der Waals surface area contributed by atoms with E-state index < -0.39 is 16.0 Å². The number of benzene rings is 2. The van der Waals surface area contributed by atoms with Gasteiger partial charge in [-0.15, -0.1) is 0 Å². The molecule has 0 aliphatic carbocycles. The summed E-state index contributed by atoms with van der Waals surface area (Å²) in [6.07, 6.45) is 1.94. The minimum absolute atomic E-state index is 0.0619. The molecular formula is C18H22N2O4S. The molecule has 0 spiro atoms. The topological polar surface area (TPSA) is 86.7 Å². The Hall–Kier alpha value is -2.54. The third kappa shape index (κ3) is 4.73. The first kappa shape index (κ1) is 18.8. The van der Waals surface area contributed by atoms with Crippen molar-refractivity contribution in [3.63, 3.8) is 0 Å². The van der Waals surface area contributed by atoms with Crippen molar-refractivity contribution in [3.8, 4) is 0 Å². The van der Waals surface area contributed by atoms with Gasteiger partial charge in [0.25, 0.3) is 10.0 Å². The maximum atomic E-state index is 12.4. The Kier molecular flexibility index (Phi) is 6.03. The number of aromatic carboxylic acids is 1. The minimum atomic E-state index is -3.76. The average Bonchev–Trinajstić information content (AvgIpc) is 2.60. The molecule has 0 aliphatic heterocycles. The summed E-state index contributed by atoms with van der Waals surface area (Å²) in [5.74, 6) is -1.10. The van der Waals surface area contributed by atoms with Crippen LogP contribution in [0, 0.1) is 0 Å². The fourth-order valence-electron chi connectivity index (χ4n) is 2.43. The van der Waals surface area contributed by atoms with E-state index in [9.17, 15) is 18.3 Å². The van der Waals surface area contributed by atoms with Crippen LogP contribution in [-0.2, 0) is 10.0 Å². The maximum Gasteiger partial charge on any atom is 0.337 e. The molecule has 0 aliphatic rings. The lowest BCUT2D eigenvalue weighted by Gasteiger charge is -2.21. The van der Waals surface area contributed by atoms with Crippen molar-refractivity contribution in [1.82, 2.24) is 0 Å². The highest BCUT2D eigenvalue weighted by Crippen LogP contribution is 2.25. The standard InChI is InChI=1S/C18H22N2O4S/c1-3-4-12-20(2)17-11-10-14(13-16(17)18(21)22)19-25(23,24)15-8-6-5-7-9-15/h5-11,13,19H,3-4,12H2,1-2H3,(H,21,22). The van der Waals surface area contributed by atoms with E-state index in [4.69, 9.17) is 0 Å². The normalized spacial score (nSPS) is 11.1. The van der Waals surface area contributed by atoms with Crippen molar-refractivity contribution < 1.29 is 18.3 Å². The Balaban J connectivity index is 2.31. The van der Waals surface area contributed by atoms with Gasteiger partial charge in [0.2, 0.25) is 0 Å². The lowest BCUT2D eigenvalue weighted by atomic mass is 10.1. The number of carboxylic acids is 1. The second-order valence-corrected chi connectivity index (χ2v) is 7.41. The molecule has 25 heavy (non-hydrogen) atoms. The van der Waals surface area contributed by atoms with Gasteiger partial charge in [-0.2, -0.15) is 0 Å². The fourth-order valence-corrected chi connectivity index (χ4v) is 3.50. The molecule has 0 heterocycles. The number of nitrogens with zero attached hydrogens (tertiary/aromatic N) is 1. The molecule has 134 valence electrons. The van der Waals surface area contributed by atoms with Crippen LogP contribution in [0.5, 0.6) is 0 Å². The quantitative estimate of drug-likeness (QED) is 0.751. The van der Waals surface area contributed by atoms with Gasteiger partial charge in [-0.05, 0) is 36.8 Å². The molecule has 2 rings (SSSR count). The first-order valence-corrected chi connectivity index (χ1v) is 9.50. The summed E-state index contributed by atoms with van der Waals surface area (Å²) >= 11 is 0. The lowest BCUT2D eigenvalue weighted by molar-refractivity contribution is 0.0697. The van der Waals surface area contributed by atoms with E-state index in [1.54, 1.807) is 30.3 Å². The van der Waals surface area contributed by atoms with Crippen LogP contribution in [0.15, 0.2) is 53.4 Å². The third-order valence-corrected chi connectivity index (χ3v) is 5.19. The fraction of sp³-hybridized carbons (Fsp3) is 0.278. The van der Waals surface area contributed by atoms with Crippen LogP contribution < -0.4 is 9.62 Å². The van der Waals surface area contributed by atoms with Gasteiger partial charge in [-0.25, -0.2) is 13.2 Å². The van der Waals surface area contributed by atoms with Crippen molar-refractivity contribution in [1.29, 1.82) is 0 Å². The number of hydrogen-bond donors (Lipinski definition) is 2. The van der Waals surface area contributed by atoms with E-state index in [0.29, 0.717) is 5.69 Å². The van der Waals surface area contributed by atoms with Gasteiger partial charge in [-0.3, -0.25) is 4.72 Å². The number of rotatable bonds is 8. The summed E-state index contributed by atoms with van der Waals surface area (Å²) in [4.78, 5) is 13.6. The third-order valence-electron chi connectivity index (χ3n) is 3.79. The number of carbonyl (C=O) groups is 1. The summed E-state index contributed by atoms with van der Waals surface area (Å²) in [6.45, 7) is 2.79. The minimum Gasteiger partial charge on any atom is -0.478 e. The van der Waals surface area contributed by atoms with Crippen molar-refractivity contribution in [2.75, 3.05) is 23.2 Å². The molecule has 0 atom stereocenters. The Bertz CT molecular complexity index is 835. The molecule has 0 aromatic heterocycles. The van der Waals surface area contributed by atoms with E-state index >= 15 is 0 Å². The Morgan fingerprint density at radius 2 is 1.84 bits per heavy atom. The number of carboxylic acid groups (broad SMARTS) is 1. The SMILES string of the molecule is CCCCN(C)c1ccc(NS(=O)(=O)c2ccccc2)cc1C(=O)O. The van der Waals surface area contributed by atoms with E-state index in [1.165, 1.54) is 18.2 Å². The predicted octanol–water partition coefficient (Wildman–Crippen LogP) is 3.42. The largest absolute Gasteiger partial charge is 0.478 e. The molecule has 6 nitrogen and oxygen atoms in total. The molecule has 2 aromatic rings. The second-order valence-electron chi connectivity index (χ2n) is 5.73. The molecule has 7 heteroatoms. The first-order valence-electron chi connectivity index (χ1n) is 8.01. The zero-order valence-corrected chi connectivity index (χ0v) is 15.1. The number of sulfonamides is 1. The Morgan fingerprint density at radius 1 is 1.16 bits per heavy atom. The van der Waals surface area contributed by atoms with E-state index in [0.717, 1.165) is 19.4 Å². The van der Waals surface area contributed by atoms with E-state index in [1.807, 2.05) is 11.9 Å². The lowest BCUT2D eigenvalue weighted by Crippen LogP contribution is -2.21. The Labute approximate surface area is 148 Å². The second kappa shape index (κ2) is 8.02. The molecule has 0 amide bonds. The number of nitrogens with one attached hydrogen (secondary N) is 1. The zero-order chi connectivity index (χ0) is 18.4. The van der Waals surface area contributed by atoms with Crippen molar-refractivity contribution in [2.24, 2.45) is 0 Å². The van der Waals surface area contributed by atoms with Crippen LogP contribution in [0.4, 0.5) is 11.4 Å². The summed E-state index contributed by atoms with van der Waals surface area (Å²) in [6, 6.07) is 12.5. The highest BCUT2D eigenvalue weighted by Gasteiger charge is 2.18. The molecule has 0 saturated carbocycles. The van der Waals surface area contributed by atoms with Gasteiger partial charge in [0.1, 0.15) is 0 Å².